The second-order valence-corrected chi connectivity index (χ2v) is 13.7. The molecule has 1 aliphatic heterocycles. The van der Waals surface area contributed by atoms with E-state index in [-0.39, 0.29) is 42.7 Å². The van der Waals surface area contributed by atoms with Crippen LogP contribution >= 0.6 is 0 Å². The van der Waals surface area contributed by atoms with Crippen LogP contribution in [0.15, 0.2) is 65.9 Å². The Balaban J connectivity index is 1.23. The number of aryl methyl sites for hydroxylation is 1. The van der Waals surface area contributed by atoms with E-state index in [0.717, 1.165) is 49.2 Å². The Labute approximate surface area is 282 Å². The SMILES string of the molecule is CCN[C@@H]1C[C@H]2C=CCC[C@H]2C[C@@H]1COC(=O)[C@]12O[C@@]1(C/C(CO)=C(\C)CCc1ccnc(NCNC)c1)C(=O)c1ccccc1C2=O. The smallest absolute Gasteiger partial charge is 0.350 e. The van der Waals surface area contributed by atoms with Gasteiger partial charge >= 0.3 is 5.97 Å². The largest absolute Gasteiger partial charge is 0.463 e. The zero-order valence-electron chi connectivity index (χ0n) is 28.2. The Morgan fingerprint density at radius 3 is 2.69 bits per heavy atom. The van der Waals surface area contributed by atoms with Crippen LogP contribution in [0.1, 0.15) is 78.7 Å². The topological polar surface area (TPSA) is 142 Å². The third kappa shape index (κ3) is 6.27. The first-order chi connectivity index (χ1) is 23.3. The van der Waals surface area contributed by atoms with Crippen molar-refractivity contribution in [1.82, 2.24) is 15.6 Å². The highest BCUT2D eigenvalue weighted by atomic mass is 16.7. The Morgan fingerprint density at radius 2 is 1.94 bits per heavy atom. The van der Waals surface area contributed by atoms with Crippen LogP contribution in [-0.4, -0.2) is 78.3 Å². The molecule has 0 radical (unpaired) electrons. The van der Waals surface area contributed by atoms with E-state index in [1.165, 1.54) is 0 Å². The molecule has 0 unspecified atom stereocenters. The Kier molecular flexibility index (Phi) is 10.3. The predicted octanol–water partition coefficient (Wildman–Crippen LogP) is 4.40. The highest BCUT2D eigenvalue weighted by Crippen LogP contribution is 2.59. The predicted molar refractivity (Wildman–Crippen MR) is 183 cm³/mol. The number of aliphatic hydroxyl groups excluding tert-OH is 1. The normalized spacial score (nSPS) is 29.3. The van der Waals surface area contributed by atoms with Crippen LogP contribution in [0, 0.1) is 17.8 Å². The van der Waals surface area contributed by atoms with Gasteiger partial charge in [-0.1, -0.05) is 48.9 Å². The Morgan fingerprint density at radius 1 is 1.15 bits per heavy atom. The van der Waals surface area contributed by atoms with Gasteiger partial charge < -0.3 is 30.5 Å². The summed E-state index contributed by atoms with van der Waals surface area (Å²) in [7, 11) is 1.85. The second kappa shape index (κ2) is 14.4. The number of carbonyl (C=O) groups is 3. The molecule has 1 saturated carbocycles. The van der Waals surface area contributed by atoms with Gasteiger partial charge in [-0.15, -0.1) is 0 Å². The van der Waals surface area contributed by atoms with Crippen LogP contribution in [0.25, 0.3) is 0 Å². The molecule has 4 N–H and O–H groups in total. The number of benzene rings is 1. The molecule has 0 bridgehead atoms. The maximum absolute atomic E-state index is 14.2. The first-order valence-corrected chi connectivity index (χ1v) is 17.4. The van der Waals surface area contributed by atoms with E-state index in [4.69, 9.17) is 9.47 Å². The number of rotatable bonds is 14. The number of allylic oxidation sites excluding steroid dienone is 3. The van der Waals surface area contributed by atoms with Gasteiger partial charge in [0.05, 0.1) is 19.9 Å². The summed E-state index contributed by atoms with van der Waals surface area (Å²) in [4.78, 5) is 46.8. The minimum atomic E-state index is -2.07. The van der Waals surface area contributed by atoms with Gasteiger partial charge in [0.2, 0.25) is 5.78 Å². The van der Waals surface area contributed by atoms with E-state index in [1.54, 1.807) is 30.5 Å². The summed E-state index contributed by atoms with van der Waals surface area (Å²) in [6, 6.07) is 10.6. The van der Waals surface area contributed by atoms with Crippen LogP contribution in [0.3, 0.4) is 0 Å². The van der Waals surface area contributed by atoms with Gasteiger partial charge in [-0.25, -0.2) is 9.78 Å². The van der Waals surface area contributed by atoms with E-state index in [9.17, 15) is 19.5 Å². The number of pyridine rings is 1. The Hall–Kier alpha value is -3.70. The van der Waals surface area contributed by atoms with E-state index in [1.807, 2.05) is 26.1 Å². The molecule has 1 saturated heterocycles. The summed E-state index contributed by atoms with van der Waals surface area (Å²) < 4.78 is 12.2. The zero-order valence-corrected chi connectivity index (χ0v) is 28.2. The lowest BCUT2D eigenvalue weighted by Gasteiger charge is -2.42. The number of Topliss-reactive ketones (excluding diaryl/α,β-unsaturated/α-hetero) is 2. The van der Waals surface area contributed by atoms with E-state index in [2.05, 4.69) is 40.0 Å². The number of hydrogen-bond donors (Lipinski definition) is 4. The quantitative estimate of drug-likeness (QED) is 0.0760. The van der Waals surface area contributed by atoms with Crippen LogP contribution in [0.4, 0.5) is 5.82 Å². The maximum atomic E-state index is 14.2. The highest BCUT2D eigenvalue weighted by molar-refractivity contribution is 6.32. The fourth-order valence-electron chi connectivity index (χ4n) is 8.09. The van der Waals surface area contributed by atoms with E-state index >= 15 is 0 Å². The van der Waals surface area contributed by atoms with Crippen molar-refractivity contribution in [2.45, 2.75) is 76.0 Å². The number of nitrogens with zero attached hydrogens (tertiary/aromatic N) is 1. The summed E-state index contributed by atoms with van der Waals surface area (Å²) in [6.07, 6.45) is 11.6. The molecule has 10 nitrogen and oxygen atoms in total. The summed E-state index contributed by atoms with van der Waals surface area (Å²) in [5.41, 5.74) is -0.933. The number of nitrogens with one attached hydrogen (secondary N) is 3. The molecule has 256 valence electrons. The number of ether oxygens (including phenoxy) is 2. The molecule has 10 heteroatoms. The number of epoxide rings is 1. The van der Waals surface area contributed by atoms with Crippen molar-refractivity contribution < 1.29 is 29.0 Å². The zero-order chi connectivity index (χ0) is 33.9. The fourth-order valence-corrected chi connectivity index (χ4v) is 8.09. The van der Waals surface area contributed by atoms with Crippen molar-refractivity contribution in [3.8, 4) is 0 Å². The van der Waals surface area contributed by atoms with Gasteiger partial charge in [0, 0.05) is 35.7 Å². The molecule has 0 amide bonds. The standard InChI is InChI=1S/C38H48N4O6/c1-4-40-32-19-27-10-6-5-9-26(27)18-28(32)22-47-36(46)38-35(45)31-12-8-7-11-30(31)34(44)37(38,48-38)20-29(21-43)24(2)13-14-25-15-16-41-33(17-25)42-23-39-3/h6-8,10-12,15-17,26-28,32,39-40,43H,4-5,9,13-14,18-23H2,1-3H3,(H,41,42)/b29-24-/t26-,27+,28+,32+,37-,38-/m0/s1. The number of fused-ring (bicyclic) bond motifs is 3. The van der Waals surface area contributed by atoms with Crippen LogP contribution < -0.4 is 16.0 Å². The summed E-state index contributed by atoms with van der Waals surface area (Å²) in [6.45, 7) is 5.19. The molecule has 2 heterocycles. The van der Waals surface area contributed by atoms with Gasteiger partial charge in [-0.3, -0.25) is 9.59 Å². The lowest BCUT2D eigenvalue weighted by atomic mass is 9.68. The molecule has 6 rings (SSSR count). The molecule has 2 fully saturated rings. The van der Waals surface area contributed by atoms with Crippen molar-refractivity contribution in [3.63, 3.8) is 0 Å². The number of anilines is 1. The highest BCUT2D eigenvalue weighted by Gasteiger charge is 2.85. The first-order valence-electron chi connectivity index (χ1n) is 17.4. The number of aromatic nitrogens is 1. The van der Waals surface area contributed by atoms with Gasteiger partial charge in [0.25, 0.3) is 5.60 Å². The molecule has 4 aliphatic rings. The molecule has 1 aromatic carbocycles. The summed E-state index contributed by atoms with van der Waals surface area (Å²) in [5, 5.41) is 20.4. The Bertz CT molecular complexity index is 1600. The molecule has 6 atom stereocenters. The monoisotopic (exact) mass is 656 g/mol. The number of carbonyl (C=O) groups excluding carboxylic acids is 3. The van der Waals surface area contributed by atoms with Crippen LogP contribution in [0.2, 0.25) is 0 Å². The molecule has 48 heavy (non-hydrogen) atoms. The van der Waals surface area contributed by atoms with Crippen molar-refractivity contribution in [2.24, 2.45) is 17.8 Å². The maximum Gasteiger partial charge on any atom is 0.350 e. The summed E-state index contributed by atoms with van der Waals surface area (Å²) >= 11 is 0. The van der Waals surface area contributed by atoms with Gasteiger partial charge in [0.15, 0.2) is 11.4 Å². The van der Waals surface area contributed by atoms with Crippen molar-refractivity contribution >= 4 is 23.4 Å². The number of aliphatic hydroxyl groups is 1. The summed E-state index contributed by atoms with van der Waals surface area (Å²) in [5.74, 6) is 0.100. The minimum absolute atomic E-state index is 0.0752. The van der Waals surface area contributed by atoms with Crippen molar-refractivity contribution in [2.75, 3.05) is 38.8 Å². The van der Waals surface area contributed by atoms with E-state index < -0.39 is 28.7 Å². The lowest BCUT2D eigenvalue weighted by molar-refractivity contribution is -0.150. The number of esters is 1. The van der Waals surface area contributed by atoms with Gasteiger partial charge in [0.1, 0.15) is 5.82 Å². The lowest BCUT2D eigenvalue weighted by Crippen LogP contribution is -2.52. The van der Waals surface area contributed by atoms with Gasteiger partial charge in [-0.2, -0.15) is 0 Å². The van der Waals surface area contributed by atoms with Crippen LogP contribution in [-0.2, 0) is 20.7 Å². The molecule has 0 spiro atoms. The number of hydrogen-bond acceptors (Lipinski definition) is 10. The molecule has 3 aliphatic carbocycles. The minimum Gasteiger partial charge on any atom is -0.463 e. The van der Waals surface area contributed by atoms with Gasteiger partial charge in [-0.05, 0) is 94.1 Å². The van der Waals surface area contributed by atoms with E-state index in [0.29, 0.717) is 36.9 Å². The first kappa shape index (κ1) is 34.2. The molecule has 1 aromatic heterocycles. The van der Waals surface area contributed by atoms with Crippen LogP contribution in [0.5, 0.6) is 0 Å². The van der Waals surface area contributed by atoms with Crippen molar-refractivity contribution in [3.05, 3.63) is 82.6 Å². The second-order valence-electron chi connectivity index (χ2n) is 13.7. The average Bonchev–Trinajstić information content (AvgIpc) is 3.82. The fraction of sp³-hybridized carbons (Fsp3) is 0.526. The molecular formula is C38H48N4O6. The average molecular weight is 657 g/mol. The third-order valence-electron chi connectivity index (χ3n) is 10.8. The third-order valence-corrected chi connectivity index (χ3v) is 10.8. The molecular weight excluding hydrogens is 608 g/mol. The number of ketones is 2. The van der Waals surface area contributed by atoms with Crippen molar-refractivity contribution in [1.29, 1.82) is 0 Å². The molecule has 2 aromatic rings.